The third-order valence-corrected chi connectivity index (χ3v) is 19.7. The maximum absolute atomic E-state index is 5.22. The molecule has 2 heteroatoms. The monoisotopic (exact) mass is 401 g/mol. The minimum atomic E-state index is -1.97. The molecule has 0 spiro atoms. The molecule has 0 radical (unpaired) electrons. The Bertz CT molecular complexity index is 256. The van der Waals surface area contributed by atoms with Gasteiger partial charge < -0.3 is 0 Å². The fourth-order valence-electron chi connectivity index (χ4n) is 3.67. The standard InChI is InChI=1S/C7H12N.3C4H9.Sn/c1-8-7-5-3-2-4-6-7;3*1-3-4-2;/h1-6H2;3*1,3-4H2,2H3;. The van der Waals surface area contributed by atoms with E-state index < -0.39 is 18.4 Å². The SMILES string of the molecule is CCC[CH2][Sn]([CH2]CCC)([CH2]CCC)[CH2]N=C1CCCCC1. The average Bonchev–Trinajstić information content (AvgIpc) is 2.54. The molecule has 0 bridgehead atoms. The zero-order valence-corrected chi connectivity index (χ0v) is 17.9. The Morgan fingerprint density at radius 3 is 1.67 bits per heavy atom. The van der Waals surface area contributed by atoms with Crippen LogP contribution < -0.4 is 0 Å². The first-order valence-corrected chi connectivity index (χ1v) is 17.9. The van der Waals surface area contributed by atoms with Gasteiger partial charge in [-0.2, -0.15) is 0 Å². The zero-order valence-electron chi connectivity index (χ0n) is 15.1. The van der Waals surface area contributed by atoms with Gasteiger partial charge in [-0.3, -0.25) is 0 Å². The first-order chi connectivity index (χ1) is 10.3. The second-order valence-corrected chi connectivity index (χ2v) is 21.0. The summed E-state index contributed by atoms with van der Waals surface area (Å²) in [5.41, 5.74) is 1.59. The predicted molar refractivity (Wildman–Crippen MR) is 100 cm³/mol. The number of hydrogen-bond donors (Lipinski definition) is 0. The molecule has 0 amide bonds. The Hall–Kier alpha value is 0.469. The van der Waals surface area contributed by atoms with Crippen LogP contribution in [0.3, 0.4) is 0 Å². The van der Waals surface area contributed by atoms with Gasteiger partial charge in [0.05, 0.1) is 0 Å². The predicted octanol–water partition coefficient (Wildman–Crippen LogP) is 6.78. The molecule has 1 aliphatic rings. The Morgan fingerprint density at radius 1 is 0.762 bits per heavy atom. The van der Waals surface area contributed by atoms with E-state index in [2.05, 4.69) is 20.8 Å². The summed E-state index contributed by atoms with van der Waals surface area (Å²) >= 11 is -1.97. The van der Waals surface area contributed by atoms with E-state index in [1.807, 2.05) is 0 Å². The van der Waals surface area contributed by atoms with Gasteiger partial charge in [-0.05, 0) is 0 Å². The van der Waals surface area contributed by atoms with Crippen molar-refractivity contribution in [3.05, 3.63) is 0 Å². The molecule has 1 fully saturated rings. The summed E-state index contributed by atoms with van der Waals surface area (Å²) in [6, 6.07) is 0. The molecule has 1 saturated carbocycles. The molecule has 21 heavy (non-hydrogen) atoms. The second kappa shape index (κ2) is 12.0. The Kier molecular flexibility index (Phi) is 11.1. The Labute approximate surface area is 138 Å². The van der Waals surface area contributed by atoms with E-state index in [0.717, 1.165) is 0 Å². The molecule has 0 saturated heterocycles. The van der Waals surface area contributed by atoms with Crippen molar-refractivity contribution in [3.8, 4) is 0 Å². The van der Waals surface area contributed by atoms with E-state index in [1.165, 1.54) is 75.2 Å². The number of hydrogen-bond acceptors (Lipinski definition) is 1. The van der Waals surface area contributed by atoms with Crippen LogP contribution in [0.2, 0.25) is 13.3 Å². The van der Waals surface area contributed by atoms with Crippen LogP contribution in [0, 0.1) is 0 Å². The van der Waals surface area contributed by atoms with Crippen molar-refractivity contribution in [1.82, 2.24) is 0 Å². The molecule has 0 aliphatic heterocycles. The molecule has 0 aromatic heterocycles. The number of aliphatic imine (C=N–C) groups is 1. The number of rotatable bonds is 11. The summed E-state index contributed by atoms with van der Waals surface area (Å²) in [6.45, 7) is 7.09. The quantitative estimate of drug-likeness (QED) is 0.339. The molecule has 0 aromatic carbocycles. The van der Waals surface area contributed by atoms with Crippen LogP contribution in [-0.2, 0) is 0 Å². The number of nitrogens with zero attached hydrogens (tertiary/aromatic N) is 1. The van der Waals surface area contributed by atoms with Crippen LogP contribution in [0.25, 0.3) is 0 Å². The van der Waals surface area contributed by atoms with Gasteiger partial charge >= 0.3 is 138 Å². The topological polar surface area (TPSA) is 12.4 Å². The van der Waals surface area contributed by atoms with E-state index in [4.69, 9.17) is 4.99 Å². The normalized spacial score (nSPS) is 16.2. The van der Waals surface area contributed by atoms with Gasteiger partial charge in [0.1, 0.15) is 0 Å². The van der Waals surface area contributed by atoms with Crippen LogP contribution in [0.15, 0.2) is 4.99 Å². The van der Waals surface area contributed by atoms with E-state index in [1.54, 1.807) is 19.0 Å². The van der Waals surface area contributed by atoms with Gasteiger partial charge in [-0.15, -0.1) is 0 Å². The minimum absolute atomic E-state index is 1.32. The van der Waals surface area contributed by atoms with Crippen LogP contribution >= 0.6 is 0 Å². The van der Waals surface area contributed by atoms with Crippen LogP contribution in [-0.4, -0.2) is 28.6 Å². The van der Waals surface area contributed by atoms with Crippen molar-refractivity contribution in [2.75, 3.05) is 4.56 Å². The molecule has 0 aromatic rings. The summed E-state index contributed by atoms with van der Waals surface area (Å²) < 4.78 is 6.18. The molecule has 124 valence electrons. The van der Waals surface area contributed by atoms with Crippen LogP contribution in [0.1, 0.15) is 91.4 Å². The molecule has 1 rings (SSSR count). The Balaban J connectivity index is 2.68. The fourth-order valence-corrected chi connectivity index (χ4v) is 18.2. The molecular weight excluding hydrogens is 361 g/mol. The van der Waals surface area contributed by atoms with E-state index in [0.29, 0.717) is 0 Å². The van der Waals surface area contributed by atoms with Crippen LogP contribution in [0.5, 0.6) is 0 Å². The molecule has 1 nitrogen and oxygen atoms in total. The summed E-state index contributed by atoms with van der Waals surface area (Å²) in [5, 5.41) is 0. The Morgan fingerprint density at radius 2 is 1.24 bits per heavy atom. The molecular formula is C19H39NSn. The van der Waals surface area contributed by atoms with E-state index >= 15 is 0 Å². The van der Waals surface area contributed by atoms with Crippen molar-refractivity contribution in [2.45, 2.75) is 105 Å². The van der Waals surface area contributed by atoms with Crippen molar-refractivity contribution < 1.29 is 0 Å². The van der Waals surface area contributed by atoms with E-state index in [-0.39, 0.29) is 0 Å². The summed E-state index contributed by atoms with van der Waals surface area (Å²) in [5.74, 6) is 0. The maximum atomic E-state index is 5.22. The third-order valence-electron chi connectivity index (χ3n) is 5.25. The average molecular weight is 400 g/mol. The summed E-state index contributed by atoms with van der Waals surface area (Å²) in [7, 11) is 0. The molecule has 1 aliphatic carbocycles. The molecule has 0 unspecified atom stereocenters. The summed E-state index contributed by atoms with van der Waals surface area (Å²) in [6.07, 6.45) is 15.5. The van der Waals surface area contributed by atoms with Crippen molar-refractivity contribution in [2.24, 2.45) is 4.99 Å². The molecule has 0 atom stereocenters. The number of unbranched alkanes of at least 4 members (excludes halogenated alkanes) is 3. The van der Waals surface area contributed by atoms with Gasteiger partial charge in [0.2, 0.25) is 0 Å². The zero-order chi connectivity index (χ0) is 15.4. The van der Waals surface area contributed by atoms with Crippen molar-refractivity contribution >= 4 is 24.1 Å². The third kappa shape index (κ3) is 8.04. The first kappa shape index (κ1) is 19.5. The van der Waals surface area contributed by atoms with Gasteiger partial charge in [-0.1, -0.05) is 0 Å². The summed E-state index contributed by atoms with van der Waals surface area (Å²) in [4.78, 5) is 5.22. The van der Waals surface area contributed by atoms with Gasteiger partial charge in [-0.25, -0.2) is 0 Å². The van der Waals surface area contributed by atoms with Crippen LogP contribution in [0.4, 0.5) is 0 Å². The van der Waals surface area contributed by atoms with Crippen molar-refractivity contribution in [1.29, 1.82) is 0 Å². The second-order valence-electron chi connectivity index (χ2n) is 7.25. The van der Waals surface area contributed by atoms with Crippen molar-refractivity contribution in [3.63, 3.8) is 0 Å². The fraction of sp³-hybridized carbons (Fsp3) is 0.947. The van der Waals surface area contributed by atoms with Gasteiger partial charge in [0.25, 0.3) is 0 Å². The molecule has 0 heterocycles. The molecule has 0 N–H and O–H groups in total. The van der Waals surface area contributed by atoms with Gasteiger partial charge in [0, 0.05) is 0 Å². The van der Waals surface area contributed by atoms with Gasteiger partial charge in [0.15, 0.2) is 0 Å². The van der Waals surface area contributed by atoms with E-state index in [9.17, 15) is 0 Å². The first-order valence-electron chi connectivity index (χ1n) is 9.78.